The van der Waals surface area contributed by atoms with E-state index in [-0.39, 0.29) is 19.6 Å². The van der Waals surface area contributed by atoms with Crippen molar-refractivity contribution in [2.75, 3.05) is 13.2 Å². The lowest BCUT2D eigenvalue weighted by molar-refractivity contribution is -0.138. The summed E-state index contributed by atoms with van der Waals surface area (Å²) in [4.78, 5) is 0. The molecule has 0 aliphatic carbocycles. The molecule has 0 aromatic heterocycles. The van der Waals surface area contributed by atoms with Gasteiger partial charge in [-0.3, -0.25) is 0 Å². The van der Waals surface area contributed by atoms with Crippen LogP contribution in [0.25, 0.3) is 0 Å². The van der Waals surface area contributed by atoms with E-state index in [1.807, 2.05) is 26.0 Å². The minimum Gasteiger partial charge on any atom is -0.386 e. The van der Waals surface area contributed by atoms with E-state index < -0.39 is 18.7 Å². The number of aryl methyl sites for hydroxylation is 2. The standard InChI is InChI=1S/C14H19F3O2/c1-10-4-5-12(8-11(10)2)13(18)9-19-7-3-6-14(15,16)17/h4-5,8,13,18H,3,6-7,9H2,1-2H3. The predicted molar refractivity (Wildman–Crippen MR) is 67.0 cm³/mol. The van der Waals surface area contributed by atoms with Crippen molar-refractivity contribution in [3.05, 3.63) is 34.9 Å². The van der Waals surface area contributed by atoms with Crippen molar-refractivity contribution in [2.45, 2.75) is 39.0 Å². The van der Waals surface area contributed by atoms with E-state index in [0.29, 0.717) is 0 Å². The molecule has 0 radical (unpaired) electrons. The first-order valence-corrected chi connectivity index (χ1v) is 6.19. The van der Waals surface area contributed by atoms with E-state index in [0.717, 1.165) is 16.7 Å². The second-order valence-electron chi connectivity index (χ2n) is 4.65. The number of hydrogen-bond donors (Lipinski definition) is 1. The van der Waals surface area contributed by atoms with Gasteiger partial charge in [0.1, 0.15) is 6.10 Å². The topological polar surface area (TPSA) is 29.5 Å². The molecule has 0 heterocycles. The van der Waals surface area contributed by atoms with Crippen LogP contribution in [0.15, 0.2) is 18.2 Å². The van der Waals surface area contributed by atoms with Crippen LogP contribution in [0.4, 0.5) is 13.2 Å². The zero-order chi connectivity index (χ0) is 14.5. The molecule has 0 amide bonds. The molecule has 2 nitrogen and oxygen atoms in total. The first-order valence-electron chi connectivity index (χ1n) is 6.19. The van der Waals surface area contributed by atoms with Crippen LogP contribution in [0.1, 0.15) is 35.6 Å². The van der Waals surface area contributed by atoms with Crippen LogP contribution in [-0.2, 0) is 4.74 Å². The molecule has 0 bridgehead atoms. The number of ether oxygens (including phenoxy) is 1. The molecule has 1 aromatic carbocycles. The molecule has 5 heteroatoms. The van der Waals surface area contributed by atoms with Gasteiger partial charge >= 0.3 is 6.18 Å². The summed E-state index contributed by atoms with van der Waals surface area (Å²) in [5.74, 6) is 0. The lowest BCUT2D eigenvalue weighted by Gasteiger charge is -2.13. The van der Waals surface area contributed by atoms with E-state index >= 15 is 0 Å². The van der Waals surface area contributed by atoms with Gasteiger partial charge in [-0.25, -0.2) is 0 Å². The van der Waals surface area contributed by atoms with Crippen molar-refractivity contribution in [1.82, 2.24) is 0 Å². The lowest BCUT2D eigenvalue weighted by Crippen LogP contribution is -2.11. The second-order valence-corrected chi connectivity index (χ2v) is 4.65. The van der Waals surface area contributed by atoms with Gasteiger partial charge in [-0.15, -0.1) is 0 Å². The van der Waals surface area contributed by atoms with Crippen molar-refractivity contribution < 1.29 is 23.0 Å². The van der Waals surface area contributed by atoms with Crippen LogP contribution in [0.2, 0.25) is 0 Å². The summed E-state index contributed by atoms with van der Waals surface area (Å²) in [5, 5.41) is 9.85. The SMILES string of the molecule is Cc1ccc(C(O)COCCCC(F)(F)F)cc1C. The van der Waals surface area contributed by atoms with Gasteiger partial charge in [-0.2, -0.15) is 13.2 Å². The van der Waals surface area contributed by atoms with Crippen molar-refractivity contribution >= 4 is 0 Å². The highest BCUT2D eigenvalue weighted by molar-refractivity contribution is 5.31. The molecule has 0 fully saturated rings. The van der Waals surface area contributed by atoms with Gasteiger partial charge in [0, 0.05) is 13.0 Å². The molecule has 108 valence electrons. The smallest absolute Gasteiger partial charge is 0.386 e. The average Bonchev–Trinajstić information content (AvgIpc) is 2.30. The third kappa shape index (κ3) is 6.07. The number of aliphatic hydroxyl groups excluding tert-OH is 1. The maximum atomic E-state index is 11.9. The van der Waals surface area contributed by atoms with Crippen LogP contribution in [0.3, 0.4) is 0 Å². The van der Waals surface area contributed by atoms with Gasteiger partial charge < -0.3 is 9.84 Å². The largest absolute Gasteiger partial charge is 0.389 e. The minimum atomic E-state index is -4.14. The Morgan fingerprint density at radius 3 is 2.47 bits per heavy atom. The average molecular weight is 276 g/mol. The van der Waals surface area contributed by atoms with Crippen LogP contribution in [0, 0.1) is 13.8 Å². The van der Waals surface area contributed by atoms with Crippen LogP contribution >= 0.6 is 0 Å². The van der Waals surface area contributed by atoms with Gasteiger partial charge in [-0.05, 0) is 37.0 Å². The fourth-order valence-electron chi connectivity index (χ4n) is 1.64. The number of benzene rings is 1. The molecule has 0 saturated heterocycles. The second kappa shape index (κ2) is 6.91. The number of rotatable bonds is 6. The lowest BCUT2D eigenvalue weighted by atomic mass is 10.0. The maximum absolute atomic E-state index is 11.9. The summed E-state index contributed by atoms with van der Waals surface area (Å²) < 4.78 is 40.7. The third-order valence-electron chi connectivity index (χ3n) is 2.94. The van der Waals surface area contributed by atoms with Gasteiger partial charge in [0.05, 0.1) is 6.61 Å². The highest BCUT2D eigenvalue weighted by Crippen LogP contribution is 2.21. The molecule has 1 N–H and O–H groups in total. The molecule has 1 aromatic rings. The molecular weight excluding hydrogens is 257 g/mol. The predicted octanol–water partition coefficient (Wildman–Crippen LogP) is 3.70. The molecule has 1 rings (SSSR count). The first kappa shape index (κ1) is 16.0. The van der Waals surface area contributed by atoms with Gasteiger partial charge in [-0.1, -0.05) is 18.2 Å². The number of aliphatic hydroxyl groups is 1. The Morgan fingerprint density at radius 2 is 1.89 bits per heavy atom. The highest BCUT2D eigenvalue weighted by atomic mass is 19.4. The molecule has 0 aliphatic rings. The van der Waals surface area contributed by atoms with Crippen LogP contribution in [-0.4, -0.2) is 24.5 Å². The van der Waals surface area contributed by atoms with Gasteiger partial charge in [0.2, 0.25) is 0 Å². The van der Waals surface area contributed by atoms with Crippen molar-refractivity contribution in [3.8, 4) is 0 Å². The van der Waals surface area contributed by atoms with Crippen LogP contribution in [0.5, 0.6) is 0 Å². The maximum Gasteiger partial charge on any atom is 0.389 e. The Bertz CT molecular complexity index is 402. The molecular formula is C14H19F3O2. The zero-order valence-electron chi connectivity index (χ0n) is 11.1. The Morgan fingerprint density at radius 1 is 1.21 bits per heavy atom. The van der Waals surface area contributed by atoms with E-state index in [1.165, 1.54) is 0 Å². The number of halogens is 3. The molecule has 0 spiro atoms. The summed E-state index contributed by atoms with van der Waals surface area (Å²) >= 11 is 0. The van der Waals surface area contributed by atoms with Crippen molar-refractivity contribution in [1.29, 1.82) is 0 Å². The van der Waals surface area contributed by atoms with Crippen molar-refractivity contribution in [3.63, 3.8) is 0 Å². The highest BCUT2D eigenvalue weighted by Gasteiger charge is 2.25. The van der Waals surface area contributed by atoms with E-state index in [9.17, 15) is 18.3 Å². The summed E-state index contributed by atoms with van der Waals surface area (Å²) in [7, 11) is 0. The van der Waals surface area contributed by atoms with E-state index in [1.54, 1.807) is 6.07 Å². The Balaban J connectivity index is 2.31. The summed E-state index contributed by atoms with van der Waals surface area (Å²) in [5.41, 5.74) is 2.91. The monoisotopic (exact) mass is 276 g/mol. The number of alkyl halides is 3. The molecule has 1 atom stereocenters. The normalized spacial score (nSPS) is 13.6. The minimum absolute atomic E-state index is 0.00140. The quantitative estimate of drug-likeness (QED) is 0.803. The Labute approximate surface area is 111 Å². The van der Waals surface area contributed by atoms with E-state index in [2.05, 4.69) is 0 Å². The van der Waals surface area contributed by atoms with E-state index in [4.69, 9.17) is 4.74 Å². The summed E-state index contributed by atoms with van der Waals surface area (Å²) in [6.45, 7) is 3.93. The Hall–Kier alpha value is -1.07. The van der Waals surface area contributed by atoms with Gasteiger partial charge in [0.15, 0.2) is 0 Å². The summed E-state index contributed by atoms with van der Waals surface area (Å²) in [6.07, 6.45) is -5.88. The third-order valence-corrected chi connectivity index (χ3v) is 2.94. The fourth-order valence-corrected chi connectivity index (χ4v) is 1.64. The molecule has 19 heavy (non-hydrogen) atoms. The van der Waals surface area contributed by atoms with Crippen molar-refractivity contribution in [2.24, 2.45) is 0 Å². The Kier molecular flexibility index (Phi) is 5.82. The number of hydrogen-bond acceptors (Lipinski definition) is 2. The summed E-state index contributed by atoms with van der Waals surface area (Å²) in [6, 6.07) is 5.56. The zero-order valence-corrected chi connectivity index (χ0v) is 11.1. The van der Waals surface area contributed by atoms with Crippen LogP contribution < -0.4 is 0 Å². The van der Waals surface area contributed by atoms with Gasteiger partial charge in [0.25, 0.3) is 0 Å². The first-order chi connectivity index (χ1) is 8.79. The fraction of sp³-hybridized carbons (Fsp3) is 0.571. The molecule has 1 unspecified atom stereocenters. The molecule has 0 saturated carbocycles. The molecule has 0 aliphatic heterocycles.